The molecule has 0 aromatic heterocycles. The first-order valence-electron chi connectivity index (χ1n) is 7.07. The molecule has 7 heteroatoms. The lowest BCUT2D eigenvalue weighted by Gasteiger charge is -2.29. The monoisotopic (exact) mass is 333 g/mol. The van der Waals surface area contributed by atoms with E-state index in [2.05, 4.69) is 17.2 Å². The highest BCUT2D eigenvalue weighted by molar-refractivity contribution is 6.05. The molecule has 1 aromatic rings. The molecule has 120 valence electrons. The van der Waals surface area contributed by atoms with Crippen molar-refractivity contribution in [1.82, 2.24) is 10.2 Å². The number of carbonyl (C=O) groups is 3. The zero-order chi connectivity index (χ0) is 15.7. The summed E-state index contributed by atoms with van der Waals surface area (Å²) in [5.74, 6) is 4.84. The van der Waals surface area contributed by atoms with Crippen molar-refractivity contribution in [2.24, 2.45) is 5.73 Å². The smallest absolute Gasteiger partial charge is 0.255 e. The van der Waals surface area contributed by atoms with Crippen molar-refractivity contribution >= 4 is 30.1 Å². The van der Waals surface area contributed by atoms with Gasteiger partial charge in [-0.1, -0.05) is 17.9 Å². The molecule has 3 rings (SSSR count). The molecule has 23 heavy (non-hydrogen) atoms. The van der Waals surface area contributed by atoms with Crippen LogP contribution in [0.3, 0.4) is 0 Å². The summed E-state index contributed by atoms with van der Waals surface area (Å²) in [6.07, 6.45) is 0.602. The maximum Gasteiger partial charge on any atom is 0.255 e. The zero-order valence-corrected chi connectivity index (χ0v) is 13.1. The lowest BCUT2D eigenvalue weighted by molar-refractivity contribution is -0.136. The van der Waals surface area contributed by atoms with E-state index in [1.165, 1.54) is 4.90 Å². The summed E-state index contributed by atoms with van der Waals surface area (Å²) >= 11 is 0. The predicted molar refractivity (Wildman–Crippen MR) is 85.7 cm³/mol. The van der Waals surface area contributed by atoms with Crippen molar-refractivity contribution in [3.8, 4) is 11.8 Å². The third-order valence-corrected chi connectivity index (χ3v) is 3.91. The van der Waals surface area contributed by atoms with Gasteiger partial charge in [-0.3, -0.25) is 19.7 Å². The van der Waals surface area contributed by atoms with Gasteiger partial charge in [-0.25, -0.2) is 0 Å². The summed E-state index contributed by atoms with van der Waals surface area (Å²) in [6.45, 7) is 0.574. The molecule has 1 unspecified atom stereocenters. The molecule has 3 amide bonds. The lowest BCUT2D eigenvalue weighted by Crippen LogP contribution is -2.52. The van der Waals surface area contributed by atoms with E-state index in [1.807, 2.05) is 6.07 Å². The Labute approximate surface area is 139 Å². The molecule has 6 nitrogen and oxygen atoms in total. The van der Waals surface area contributed by atoms with Crippen molar-refractivity contribution in [2.75, 3.05) is 6.54 Å². The van der Waals surface area contributed by atoms with Crippen molar-refractivity contribution in [2.45, 2.75) is 25.4 Å². The topological polar surface area (TPSA) is 92.5 Å². The molecule has 1 atom stereocenters. The Morgan fingerprint density at radius 1 is 1.30 bits per heavy atom. The largest absolute Gasteiger partial charge is 0.322 e. The summed E-state index contributed by atoms with van der Waals surface area (Å²) in [5, 5.41) is 2.29. The van der Waals surface area contributed by atoms with Gasteiger partial charge in [-0.2, -0.15) is 0 Å². The molecule has 2 heterocycles. The quantitative estimate of drug-likeness (QED) is 0.566. The molecule has 1 aromatic carbocycles. The van der Waals surface area contributed by atoms with Crippen LogP contribution in [0.15, 0.2) is 18.2 Å². The molecule has 2 aliphatic heterocycles. The summed E-state index contributed by atoms with van der Waals surface area (Å²) in [6, 6.07) is 4.73. The fraction of sp³-hybridized carbons (Fsp3) is 0.312. The van der Waals surface area contributed by atoms with Crippen LogP contribution in [0.25, 0.3) is 0 Å². The Bertz CT molecular complexity index is 736. The van der Waals surface area contributed by atoms with Crippen molar-refractivity contribution in [3.63, 3.8) is 0 Å². The van der Waals surface area contributed by atoms with E-state index < -0.39 is 11.9 Å². The van der Waals surface area contributed by atoms with Crippen LogP contribution >= 0.6 is 12.4 Å². The SMILES string of the molecule is Cl.NCC#Cc1cccc2c1CN(C1CCC(=O)NC1=O)C2=O. The minimum Gasteiger partial charge on any atom is -0.322 e. The van der Waals surface area contributed by atoms with E-state index in [-0.39, 0.29) is 37.2 Å². The van der Waals surface area contributed by atoms with Crippen molar-refractivity contribution in [3.05, 3.63) is 34.9 Å². The number of nitrogens with zero attached hydrogens (tertiary/aromatic N) is 1. The molecule has 1 saturated heterocycles. The highest BCUT2D eigenvalue weighted by Gasteiger charge is 2.39. The van der Waals surface area contributed by atoms with Gasteiger partial charge in [0.05, 0.1) is 6.54 Å². The van der Waals surface area contributed by atoms with E-state index >= 15 is 0 Å². The summed E-state index contributed by atoms with van der Waals surface area (Å²) < 4.78 is 0. The van der Waals surface area contributed by atoms with Gasteiger partial charge < -0.3 is 10.6 Å². The second kappa shape index (κ2) is 6.82. The van der Waals surface area contributed by atoms with Crippen LogP contribution in [-0.4, -0.2) is 35.2 Å². The molecule has 3 N–H and O–H groups in total. The molecule has 0 spiro atoms. The van der Waals surface area contributed by atoms with E-state index in [0.717, 1.165) is 11.1 Å². The summed E-state index contributed by atoms with van der Waals surface area (Å²) in [4.78, 5) is 37.3. The first-order chi connectivity index (χ1) is 10.6. The fourth-order valence-corrected chi connectivity index (χ4v) is 2.85. The van der Waals surface area contributed by atoms with E-state index in [9.17, 15) is 14.4 Å². The van der Waals surface area contributed by atoms with Gasteiger partial charge in [0.25, 0.3) is 5.91 Å². The molecule has 0 bridgehead atoms. The highest BCUT2D eigenvalue weighted by Crippen LogP contribution is 2.29. The van der Waals surface area contributed by atoms with Gasteiger partial charge >= 0.3 is 0 Å². The predicted octanol–water partition coefficient (Wildman–Crippen LogP) is 0.180. The minimum atomic E-state index is -0.604. The Morgan fingerprint density at radius 2 is 2.09 bits per heavy atom. The second-order valence-corrected chi connectivity index (χ2v) is 5.24. The van der Waals surface area contributed by atoms with Gasteiger partial charge in [0, 0.05) is 24.1 Å². The number of carbonyl (C=O) groups excluding carboxylic acids is 3. The fourth-order valence-electron chi connectivity index (χ4n) is 2.85. The van der Waals surface area contributed by atoms with Gasteiger partial charge in [0.2, 0.25) is 11.8 Å². The zero-order valence-electron chi connectivity index (χ0n) is 12.3. The van der Waals surface area contributed by atoms with E-state index in [4.69, 9.17) is 5.73 Å². The average Bonchev–Trinajstić information content (AvgIpc) is 2.83. The summed E-state index contributed by atoms with van der Waals surface area (Å²) in [7, 11) is 0. The maximum atomic E-state index is 12.5. The molecule has 0 saturated carbocycles. The van der Waals surface area contributed by atoms with Gasteiger partial charge in [-0.15, -0.1) is 12.4 Å². The third-order valence-electron chi connectivity index (χ3n) is 3.91. The number of hydrogen-bond donors (Lipinski definition) is 2. The molecule has 0 radical (unpaired) electrons. The van der Waals surface area contributed by atoms with Crippen LogP contribution in [0.5, 0.6) is 0 Å². The number of benzene rings is 1. The van der Waals surface area contributed by atoms with Crippen LogP contribution in [-0.2, 0) is 16.1 Å². The van der Waals surface area contributed by atoms with Crippen molar-refractivity contribution < 1.29 is 14.4 Å². The number of piperidine rings is 1. The van der Waals surface area contributed by atoms with Crippen molar-refractivity contribution in [1.29, 1.82) is 0 Å². The normalized spacial score (nSPS) is 19.4. The molecule has 1 fully saturated rings. The molecular weight excluding hydrogens is 318 g/mol. The number of imide groups is 1. The molecule has 0 aliphatic carbocycles. The average molecular weight is 334 g/mol. The first kappa shape index (κ1) is 17.0. The Hall–Kier alpha value is -2.36. The number of hydrogen-bond acceptors (Lipinski definition) is 4. The standard InChI is InChI=1S/C16H15N3O3.ClH/c17-8-2-4-10-3-1-5-11-12(10)9-19(16(11)22)13-6-7-14(20)18-15(13)21;/h1,3,5,13H,6-9,17H2,(H,18,20,21);1H. The Balaban J connectivity index is 0.00000192. The third kappa shape index (κ3) is 3.07. The van der Waals surface area contributed by atoms with Gasteiger partial charge in [0.1, 0.15) is 6.04 Å². The van der Waals surface area contributed by atoms with Crippen LogP contribution in [0, 0.1) is 11.8 Å². The maximum absolute atomic E-state index is 12.5. The van der Waals surface area contributed by atoms with Gasteiger partial charge in [-0.05, 0) is 24.1 Å². The van der Waals surface area contributed by atoms with Crippen LogP contribution in [0.1, 0.15) is 34.3 Å². The highest BCUT2D eigenvalue weighted by atomic mass is 35.5. The number of rotatable bonds is 1. The van der Waals surface area contributed by atoms with Crippen LogP contribution in [0.4, 0.5) is 0 Å². The first-order valence-corrected chi connectivity index (χ1v) is 7.07. The Kier molecular flexibility index (Phi) is 5.04. The van der Waals surface area contributed by atoms with E-state index in [0.29, 0.717) is 18.5 Å². The number of nitrogens with two attached hydrogens (primary N) is 1. The summed E-state index contributed by atoms with van der Waals surface area (Å²) in [5.41, 5.74) is 7.53. The number of amides is 3. The lowest BCUT2D eigenvalue weighted by atomic mass is 10.0. The second-order valence-electron chi connectivity index (χ2n) is 5.24. The number of fused-ring (bicyclic) bond motifs is 1. The molecular formula is C16H16ClN3O3. The van der Waals surface area contributed by atoms with E-state index in [1.54, 1.807) is 12.1 Å². The van der Waals surface area contributed by atoms with Gasteiger partial charge in [0.15, 0.2) is 0 Å². The molecule has 2 aliphatic rings. The number of halogens is 1. The minimum absolute atomic E-state index is 0. The number of nitrogens with one attached hydrogen (secondary N) is 1. The van der Waals surface area contributed by atoms with Crippen LogP contribution < -0.4 is 11.1 Å². The van der Waals surface area contributed by atoms with Crippen LogP contribution in [0.2, 0.25) is 0 Å². The Morgan fingerprint density at radius 3 is 2.78 bits per heavy atom.